The molecule has 5 aromatic rings. The molecule has 0 fully saturated rings. The first-order valence-corrected chi connectivity index (χ1v) is 11.2. The topological polar surface area (TPSA) is 56.5 Å². The molecule has 0 saturated carbocycles. The molecule has 0 unspecified atom stereocenters. The molecule has 0 aliphatic heterocycles. The maximum atomic E-state index is 12.9. The van der Waals surface area contributed by atoms with Crippen LogP contribution in [0.1, 0.15) is 25.3 Å². The van der Waals surface area contributed by atoms with E-state index in [9.17, 15) is 4.79 Å². The van der Waals surface area contributed by atoms with Crippen molar-refractivity contribution in [3.05, 3.63) is 87.2 Å². The van der Waals surface area contributed by atoms with Crippen LogP contribution in [0.15, 0.2) is 71.5 Å². The molecule has 0 spiro atoms. The van der Waals surface area contributed by atoms with Gasteiger partial charge in [0.1, 0.15) is 5.75 Å². The summed E-state index contributed by atoms with van der Waals surface area (Å²) in [7, 11) is 0. The maximum Gasteiger partial charge on any atom is 0.291 e. The molecule has 0 saturated heterocycles. The Labute approximate surface area is 183 Å². The van der Waals surface area contributed by atoms with Gasteiger partial charge in [-0.25, -0.2) is 0 Å². The summed E-state index contributed by atoms with van der Waals surface area (Å²) in [6.45, 7) is 2.85. The molecular weight excluding hydrogens is 406 g/mol. The second-order valence-electron chi connectivity index (χ2n) is 7.34. The van der Waals surface area contributed by atoms with Crippen LogP contribution in [0.25, 0.3) is 33.2 Å². The lowest BCUT2D eigenvalue weighted by Gasteiger charge is -2.05. The van der Waals surface area contributed by atoms with Gasteiger partial charge in [0, 0.05) is 5.56 Å². The van der Waals surface area contributed by atoms with Gasteiger partial charge in [0.2, 0.25) is 4.96 Å². The Balaban J connectivity index is 1.48. The number of rotatable bonds is 6. The number of hydrogen-bond donors (Lipinski definition) is 0. The van der Waals surface area contributed by atoms with Crippen molar-refractivity contribution in [1.29, 1.82) is 0 Å². The number of aromatic nitrogens is 3. The minimum absolute atomic E-state index is 0.147. The van der Waals surface area contributed by atoms with Gasteiger partial charge in [-0.15, -0.1) is 5.10 Å². The lowest BCUT2D eigenvalue weighted by Crippen LogP contribution is -2.23. The monoisotopic (exact) mass is 427 g/mol. The summed E-state index contributed by atoms with van der Waals surface area (Å²) in [5.41, 5.74) is 1.72. The molecule has 154 valence electrons. The Morgan fingerprint density at radius 3 is 2.65 bits per heavy atom. The van der Waals surface area contributed by atoms with Crippen LogP contribution in [0.2, 0.25) is 0 Å². The van der Waals surface area contributed by atoms with Crippen molar-refractivity contribution in [2.24, 2.45) is 0 Å². The fraction of sp³-hybridized carbons (Fsp3) is 0.160. The first-order chi connectivity index (χ1) is 15.2. The zero-order chi connectivity index (χ0) is 21.2. The fourth-order valence-electron chi connectivity index (χ4n) is 3.51. The largest absolute Gasteiger partial charge is 0.494 e. The molecule has 0 aliphatic carbocycles. The minimum atomic E-state index is -0.147. The lowest BCUT2D eigenvalue weighted by atomic mass is 10.0. The van der Waals surface area contributed by atoms with E-state index in [1.54, 1.807) is 0 Å². The smallest absolute Gasteiger partial charge is 0.291 e. The molecule has 0 bridgehead atoms. The van der Waals surface area contributed by atoms with Crippen LogP contribution in [0.5, 0.6) is 5.75 Å². The van der Waals surface area contributed by atoms with E-state index in [2.05, 4.69) is 35.2 Å². The van der Waals surface area contributed by atoms with E-state index >= 15 is 0 Å². The Morgan fingerprint density at radius 2 is 1.84 bits per heavy atom. The molecule has 0 radical (unpaired) electrons. The second kappa shape index (κ2) is 8.32. The van der Waals surface area contributed by atoms with Crippen molar-refractivity contribution in [3.8, 4) is 17.1 Å². The van der Waals surface area contributed by atoms with Crippen LogP contribution in [0.4, 0.5) is 0 Å². The molecule has 5 nitrogen and oxygen atoms in total. The third kappa shape index (κ3) is 3.82. The maximum absolute atomic E-state index is 12.9. The molecule has 31 heavy (non-hydrogen) atoms. The number of ether oxygens (including phenoxy) is 1. The Kier molecular flexibility index (Phi) is 5.22. The van der Waals surface area contributed by atoms with Gasteiger partial charge in [-0.2, -0.15) is 9.50 Å². The van der Waals surface area contributed by atoms with Crippen molar-refractivity contribution in [3.63, 3.8) is 0 Å². The highest BCUT2D eigenvalue weighted by molar-refractivity contribution is 7.15. The summed E-state index contributed by atoms with van der Waals surface area (Å²) >= 11 is 1.36. The van der Waals surface area contributed by atoms with Gasteiger partial charge < -0.3 is 4.74 Å². The van der Waals surface area contributed by atoms with E-state index in [4.69, 9.17) is 4.74 Å². The zero-order valence-electron chi connectivity index (χ0n) is 17.1. The molecule has 5 rings (SSSR count). The molecule has 0 atom stereocenters. The SMILES string of the molecule is CCCCOc1ccc(-c2nc3s/c(=C\c4cccc5ccccc45)c(=O)n3n2)cc1. The highest BCUT2D eigenvalue weighted by atomic mass is 32.1. The van der Waals surface area contributed by atoms with Crippen LogP contribution >= 0.6 is 11.3 Å². The highest BCUT2D eigenvalue weighted by Gasteiger charge is 2.12. The number of unbranched alkanes of at least 4 members (excludes halogenated alkanes) is 1. The van der Waals surface area contributed by atoms with Crippen LogP contribution in [0, 0.1) is 0 Å². The van der Waals surface area contributed by atoms with Gasteiger partial charge in [0.15, 0.2) is 5.82 Å². The third-order valence-corrected chi connectivity index (χ3v) is 6.13. The molecule has 3 aromatic carbocycles. The van der Waals surface area contributed by atoms with E-state index in [-0.39, 0.29) is 5.56 Å². The zero-order valence-corrected chi connectivity index (χ0v) is 17.9. The number of fused-ring (bicyclic) bond motifs is 2. The number of nitrogens with zero attached hydrogens (tertiary/aromatic N) is 3. The van der Waals surface area contributed by atoms with Gasteiger partial charge in [-0.05, 0) is 53.1 Å². The summed E-state index contributed by atoms with van der Waals surface area (Å²) in [6, 6.07) is 21.9. The molecule has 0 N–H and O–H groups in total. The van der Waals surface area contributed by atoms with Crippen LogP contribution in [-0.4, -0.2) is 21.2 Å². The van der Waals surface area contributed by atoms with Crippen molar-refractivity contribution >= 4 is 33.1 Å². The molecule has 2 heterocycles. The Morgan fingerprint density at radius 1 is 1.03 bits per heavy atom. The van der Waals surface area contributed by atoms with Crippen molar-refractivity contribution in [1.82, 2.24) is 14.6 Å². The van der Waals surface area contributed by atoms with Gasteiger partial charge in [0.05, 0.1) is 11.1 Å². The standard InChI is InChI=1S/C25H21N3O2S/c1-2-3-15-30-20-13-11-18(12-14-20)23-26-25-28(27-23)24(29)22(31-25)16-19-9-6-8-17-7-4-5-10-21(17)19/h4-14,16H,2-3,15H2,1H3/b22-16-. The number of benzene rings is 3. The Hall–Kier alpha value is -3.51. The van der Waals surface area contributed by atoms with Crippen LogP contribution < -0.4 is 14.8 Å². The molecule has 6 heteroatoms. The molecular formula is C25H21N3O2S. The molecule has 0 amide bonds. The van der Waals surface area contributed by atoms with E-state index < -0.39 is 0 Å². The van der Waals surface area contributed by atoms with Crippen molar-refractivity contribution in [2.75, 3.05) is 6.61 Å². The third-order valence-electron chi connectivity index (χ3n) is 5.17. The van der Waals surface area contributed by atoms with Gasteiger partial charge in [-0.1, -0.05) is 67.1 Å². The predicted octanol–water partition coefficient (Wildman–Crippen LogP) is 4.70. The van der Waals surface area contributed by atoms with Crippen LogP contribution in [0.3, 0.4) is 0 Å². The normalized spacial score (nSPS) is 12.1. The highest BCUT2D eigenvalue weighted by Crippen LogP contribution is 2.21. The summed E-state index contributed by atoms with van der Waals surface area (Å²) in [4.78, 5) is 18.1. The number of hydrogen-bond acceptors (Lipinski definition) is 5. The number of thiazole rings is 1. The fourth-order valence-corrected chi connectivity index (χ4v) is 4.41. The minimum Gasteiger partial charge on any atom is -0.494 e. The van der Waals surface area contributed by atoms with Gasteiger partial charge >= 0.3 is 0 Å². The van der Waals surface area contributed by atoms with Gasteiger partial charge in [-0.3, -0.25) is 4.79 Å². The predicted molar refractivity (Wildman–Crippen MR) is 126 cm³/mol. The van der Waals surface area contributed by atoms with Crippen LogP contribution in [-0.2, 0) is 0 Å². The van der Waals surface area contributed by atoms with E-state index in [0.717, 1.165) is 40.5 Å². The molecule has 2 aromatic heterocycles. The summed E-state index contributed by atoms with van der Waals surface area (Å²) in [5, 5.41) is 6.72. The van der Waals surface area contributed by atoms with Gasteiger partial charge in [0.25, 0.3) is 5.56 Å². The first-order valence-electron chi connectivity index (χ1n) is 10.4. The van der Waals surface area contributed by atoms with E-state index in [1.165, 1.54) is 15.9 Å². The first kappa shape index (κ1) is 19.5. The summed E-state index contributed by atoms with van der Waals surface area (Å²) in [5.74, 6) is 1.37. The van der Waals surface area contributed by atoms with Crippen molar-refractivity contribution < 1.29 is 4.74 Å². The van der Waals surface area contributed by atoms with Crippen molar-refractivity contribution in [2.45, 2.75) is 19.8 Å². The van der Waals surface area contributed by atoms with E-state index in [1.807, 2.05) is 54.6 Å². The summed E-state index contributed by atoms with van der Waals surface area (Å²) in [6.07, 6.45) is 4.06. The lowest BCUT2D eigenvalue weighted by molar-refractivity contribution is 0.309. The second-order valence-corrected chi connectivity index (χ2v) is 8.35. The quantitative estimate of drug-likeness (QED) is 0.369. The Bertz CT molecular complexity index is 1460. The average Bonchev–Trinajstić information content (AvgIpc) is 3.34. The van der Waals surface area contributed by atoms with E-state index in [0.29, 0.717) is 21.9 Å². The molecule has 0 aliphatic rings. The average molecular weight is 428 g/mol. The summed E-state index contributed by atoms with van der Waals surface area (Å²) < 4.78 is 7.72.